The van der Waals surface area contributed by atoms with Crippen LogP contribution in [0.4, 0.5) is 11.4 Å². The Balaban J connectivity index is 2.37. The third kappa shape index (κ3) is 3.69. The van der Waals surface area contributed by atoms with Gasteiger partial charge in [-0.3, -0.25) is 0 Å². The average molecular weight is 421 g/mol. The lowest BCUT2D eigenvalue weighted by Gasteiger charge is -2.12. The minimum atomic E-state index is 0.340. The fourth-order valence-corrected chi connectivity index (χ4v) is 2.52. The van der Waals surface area contributed by atoms with Crippen LogP contribution in [0.25, 0.3) is 0 Å². The van der Waals surface area contributed by atoms with Gasteiger partial charge in [-0.2, -0.15) is 0 Å². The van der Waals surface area contributed by atoms with Crippen molar-refractivity contribution in [2.24, 2.45) is 5.73 Å². The number of hydrogen-bond donors (Lipinski definition) is 2. The zero-order valence-corrected chi connectivity index (χ0v) is 14.3. The van der Waals surface area contributed by atoms with E-state index in [2.05, 4.69) is 37.2 Å². The lowest BCUT2D eigenvalue weighted by Crippen LogP contribution is -2.11. The van der Waals surface area contributed by atoms with Gasteiger partial charge >= 0.3 is 0 Å². The summed E-state index contributed by atoms with van der Waals surface area (Å²) in [6, 6.07) is 11.3. The number of thiocarbonyl (C=S) groups is 1. The summed E-state index contributed by atoms with van der Waals surface area (Å²) in [5, 5.41) is 3.89. The topological polar surface area (TPSA) is 38.0 Å². The quantitative estimate of drug-likeness (QED) is 0.667. The summed E-state index contributed by atoms with van der Waals surface area (Å²) in [7, 11) is 0. The van der Waals surface area contributed by atoms with E-state index in [9.17, 15) is 0 Å². The van der Waals surface area contributed by atoms with E-state index in [4.69, 9.17) is 29.6 Å². The van der Waals surface area contributed by atoms with Gasteiger partial charge in [-0.25, -0.2) is 0 Å². The standard InChI is InChI=1S/C13H9Br2ClN2S/c14-7-1-4-12(9(5-7)13(17)19)18-8-2-3-10(15)11(16)6-8/h1-6,18H,(H2,17,19). The molecule has 0 radical (unpaired) electrons. The van der Waals surface area contributed by atoms with Crippen LogP contribution in [-0.2, 0) is 0 Å². The number of anilines is 2. The first-order valence-corrected chi connectivity index (χ1v) is 7.66. The predicted molar refractivity (Wildman–Crippen MR) is 92.5 cm³/mol. The summed E-state index contributed by atoms with van der Waals surface area (Å²) in [5.74, 6) is 0. The maximum Gasteiger partial charge on any atom is 0.106 e. The van der Waals surface area contributed by atoms with E-state index in [1.54, 1.807) is 0 Å². The second-order valence-corrected chi connectivity index (χ2v) is 6.43. The van der Waals surface area contributed by atoms with E-state index in [0.717, 1.165) is 25.9 Å². The van der Waals surface area contributed by atoms with Crippen LogP contribution in [0.3, 0.4) is 0 Å². The molecule has 0 atom stereocenters. The number of halogens is 3. The van der Waals surface area contributed by atoms with Gasteiger partial charge in [-0.05, 0) is 52.3 Å². The Bertz CT molecular complexity index is 647. The molecule has 0 saturated carbocycles. The maximum atomic E-state index is 6.06. The minimum Gasteiger partial charge on any atom is -0.389 e. The Morgan fingerprint density at radius 1 is 1.16 bits per heavy atom. The maximum absolute atomic E-state index is 6.06. The number of nitrogens with two attached hydrogens (primary N) is 1. The summed E-state index contributed by atoms with van der Waals surface area (Å²) in [4.78, 5) is 0.340. The van der Waals surface area contributed by atoms with E-state index in [-0.39, 0.29) is 0 Å². The van der Waals surface area contributed by atoms with Crippen LogP contribution < -0.4 is 11.1 Å². The molecular weight excluding hydrogens is 411 g/mol. The second kappa shape index (κ2) is 6.22. The summed E-state index contributed by atoms with van der Waals surface area (Å²) < 4.78 is 1.78. The highest BCUT2D eigenvalue weighted by atomic mass is 79.9. The van der Waals surface area contributed by atoms with Crippen LogP contribution in [0.15, 0.2) is 45.3 Å². The Morgan fingerprint density at radius 2 is 1.89 bits per heavy atom. The van der Waals surface area contributed by atoms with Crippen LogP contribution in [0.1, 0.15) is 5.56 Å². The average Bonchev–Trinajstić information content (AvgIpc) is 2.36. The molecule has 2 aromatic carbocycles. The number of nitrogens with one attached hydrogen (secondary N) is 1. The van der Waals surface area contributed by atoms with Gasteiger partial charge < -0.3 is 11.1 Å². The van der Waals surface area contributed by atoms with Crippen LogP contribution in [-0.4, -0.2) is 4.99 Å². The van der Waals surface area contributed by atoms with E-state index >= 15 is 0 Å². The molecule has 0 aliphatic rings. The largest absolute Gasteiger partial charge is 0.389 e. The van der Waals surface area contributed by atoms with Crippen molar-refractivity contribution in [2.45, 2.75) is 0 Å². The zero-order valence-electron chi connectivity index (χ0n) is 9.58. The molecular formula is C13H9Br2ClN2S. The first kappa shape index (κ1) is 14.8. The third-order valence-electron chi connectivity index (χ3n) is 2.45. The fraction of sp³-hybridized carbons (Fsp3) is 0. The molecule has 19 heavy (non-hydrogen) atoms. The van der Waals surface area contributed by atoms with Gasteiger partial charge in [0.1, 0.15) is 4.99 Å². The molecule has 2 nitrogen and oxygen atoms in total. The van der Waals surface area contributed by atoms with Crippen LogP contribution >= 0.6 is 55.7 Å². The lowest BCUT2D eigenvalue weighted by molar-refractivity contribution is 1.50. The highest BCUT2D eigenvalue weighted by molar-refractivity contribution is 9.10. The monoisotopic (exact) mass is 418 g/mol. The second-order valence-electron chi connectivity index (χ2n) is 3.81. The molecule has 0 spiro atoms. The number of benzene rings is 2. The van der Waals surface area contributed by atoms with Gasteiger partial charge in [0.15, 0.2) is 0 Å². The molecule has 3 N–H and O–H groups in total. The van der Waals surface area contributed by atoms with Crippen LogP contribution in [0.2, 0.25) is 5.02 Å². The van der Waals surface area contributed by atoms with E-state index in [1.165, 1.54) is 0 Å². The Labute approximate surface area is 138 Å². The number of rotatable bonds is 3. The molecule has 0 bridgehead atoms. The summed E-state index contributed by atoms with van der Waals surface area (Å²) in [6.07, 6.45) is 0. The summed E-state index contributed by atoms with van der Waals surface area (Å²) in [6.45, 7) is 0. The Morgan fingerprint density at radius 3 is 2.53 bits per heavy atom. The molecule has 0 fully saturated rings. The Kier molecular flexibility index (Phi) is 4.84. The molecule has 0 unspecified atom stereocenters. The van der Waals surface area contributed by atoms with Crippen molar-refractivity contribution in [2.75, 3.05) is 5.32 Å². The van der Waals surface area contributed by atoms with Gasteiger partial charge in [0, 0.05) is 25.9 Å². The normalized spacial score (nSPS) is 10.3. The molecule has 0 heterocycles. The van der Waals surface area contributed by atoms with Crippen molar-refractivity contribution < 1.29 is 0 Å². The molecule has 98 valence electrons. The van der Waals surface area contributed by atoms with Crippen molar-refractivity contribution in [3.63, 3.8) is 0 Å². The van der Waals surface area contributed by atoms with Crippen molar-refractivity contribution in [1.82, 2.24) is 0 Å². The molecule has 0 amide bonds. The van der Waals surface area contributed by atoms with E-state index in [1.807, 2.05) is 36.4 Å². The minimum absolute atomic E-state index is 0.340. The Hall–Kier alpha value is -0.620. The zero-order chi connectivity index (χ0) is 14.0. The fourth-order valence-electron chi connectivity index (χ4n) is 1.56. The first-order chi connectivity index (χ1) is 8.97. The highest BCUT2D eigenvalue weighted by Crippen LogP contribution is 2.29. The molecule has 0 saturated heterocycles. The molecule has 0 aliphatic carbocycles. The van der Waals surface area contributed by atoms with Gasteiger partial charge in [0.2, 0.25) is 0 Å². The van der Waals surface area contributed by atoms with Crippen molar-refractivity contribution >= 4 is 72.0 Å². The predicted octanol–water partition coefficient (Wildman–Crippen LogP) is 5.24. The SMILES string of the molecule is NC(=S)c1cc(Br)ccc1Nc1ccc(Br)c(Cl)c1. The third-order valence-corrected chi connectivity index (χ3v) is 4.39. The van der Waals surface area contributed by atoms with Crippen LogP contribution in [0.5, 0.6) is 0 Å². The van der Waals surface area contributed by atoms with Crippen molar-refractivity contribution in [1.29, 1.82) is 0 Å². The molecule has 0 aromatic heterocycles. The highest BCUT2D eigenvalue weighted by Gasteiger charge is 2.07. The van der Waals surface area contributed by atoms with Gasteiger partial charge in [-0.15, -0.1) is 0 Å². The van der Waals surface area contributed by atoms with E-state index < -0.39 is 0 Å². The van der Waals surface area contributed by atoms with Gasteiger partial charge in [0.05, 0.1) is 5.02 Å². The smallest absolute Gasteiger partial charge is 0.106 e. The molecule has 0 aliphatic heterocycles. The van der Waals surface area contributed by atoms with Crippen molar-refractivity contribution in [3.8, 4) is 0 Å². The van der Waals surface area contributed by atoms with Crippen LogP contribution in [0, 0.1) is 0 Å². The van der Waals surface area contributed by atoms with Gasteiger partial charge in [0.25, 0.3) is 0 Å². The molecule has 2 aromatic rings. The molecule has 2 rings (SSSR count). The van der Waals surface area contributed by atoms with E-state index in [0.29, 0.717) is 10.0 Å². The summed E-state index contributed by atoms with van der Waals surface area (Å²) >= 11 is 17.9. The lowest BCUT2D eigenvalue weighted by atomic mass is 10.1. The van der Waals surface area contributed by atoms with Crippen molar-refractivity contribution in [3.05, 3.63) is 55.9 Å². The first-order valence-electron chi connectivity index (χ1n) is 5.29. The number of hydrogen-bond acceptors (Lipinski definition) is 2. The molecule has 6 heteroatoms. The van der Waals surface area contributed by atoms with Gasteiger partial charge in [-0.1, -0.05) is 39.7 Å². The summed E-state index contributed by atoms with van der Waals surface area (Å²) in [5.41, 5.74) is 8.22.